The average Bonchev–Trinajstić information content (AvgIpc) is 2.75. The number of carbonyl (C=O) groups is 3. The van der Waals surface area contributed by atoms with E-state index in [0.29, 0.717) is 22.6 Å². The molecule has 2 aromatic carbocycles. The molecule has 1 N–H and O–H groups in total. The van der Waals surface area contributed by atoms with E-state index < -0.39 is 24.4 Å². The van der Waals surface area contributed by atoms with Gasteiger partial charge in [0.2, 0.25) is 0 Å². The number of imide groups is 1. The Morgan fingerprint density at radius 2 is 1.58 bits per heavy atom. The summed E-state index contributed by atoms with van der Waals surface area (Å²) in [6, 6.07) is 12.1. The van der Waals surface area contributed by atoms with Gasteiger partial charge in [-0.2, -0.15) is 0 Å². The summed E-state index contributed by atoms with van der Waals surface area (Å²) >= 11 is 0. The lowest BCUT2D eigenvalue weighted by Gasteiger charge is -2.18. The summed E-state index contributed by atoms with van der Waals surface area (Å²) in [4.78, 5) is 36.0. The zero-order chi connectivity index (χ0) is 23.0. The van der Waals surface area contributed by atoms with Crippen molar-refractivity contribution < 1.29 is 28.6 Å². The molecule has 0 saturated carbocycles. The van der Waals surface area contributed by atoms with Gasteiger partial charge in [-0.3, -0.25) is 14.9 Å². The Labute approximate surface area is 182 Å². The Bertz CT molecular complexity index is 971. The molecule has 0 atom stereocenters. The highest BCUT2D eigenvalue weighted by Gasteiger charge is 2.16. The van der Waals surface area contributed by atoms with E-state index in [1.54, 1.807) is 30.3 Å². The van der Waals surface area contributed by atoms with Gasteiger partial charge in [0.15, 0.2) is 18.1 Å². The number of ether oxygens (including phenoxy) is 3. The smallest absolute Gasteiger partial charge is 0.331 e. The highest BCUT2D eigenvalue weighted by atomic mass is 16.5. The van der Waals surface area contributed by atoms with Gasteiger partial charge < -0.3 is 14.2 Å². The molecule has 0 unspecified atom stereocenters. The van der Waals surface area contributed by atoms with Crippen LogP contribution >= 0.6 is 0 Å². The fraction of sp³-hybridized carbons (Fsp3) is 0.292. The number of methoxy groups -OCH3 is 2. The minimum absolute atomic E-state index is 0.0382. The van der Waals surface area contributed by atoms with Crippen molar-refractivity contribution in [2.24, 2.45) is 0 Å². The summed E-state index contributed by atoms with van der Waals surface area (Å²) < 4.78 is 15.2. The van der Waals surface area contributed by atoms with E-state index in [2.05, 4.69) is 26.1 Å². The van der Waals surface area contributed by atoms with Gasteiger partial charge in [0.05, 0.1) is 14.2 Å². The van der Waals surface area contributed by atoms with E-state index in [1.807, 2.05) is 12.1 Å². The average molecular weight is 425 g/mol. The first-order chi connectivity index (χ1) is 14.6. The molecule has 0 aromatic heterocycles. The van der Waals surface area contributed by atoms with Crippen molar-refractivity contribution in [2.45, 2.75) is 26.2 Å². The van der Waals surface area contributed by atoms with Gasteiger partial charge in [0, 0.05) is 11.6 Å². The number of nitrogens with one attached hydrogen (secondary N) is 1. The largest absolute Gasteiger partial charge is 0.493 e. The van der Waals surface area contributed by atoms with E-state index in [9.17, 15) is 14.4 Å². The van der Waals surface area contributed by atoms with Crippen LogP contribution in [0.25, 0.3) is 6.08 Å². The molecular weight excluding hydrogens is 398 g/mol. The molecule has 7 heteroatoms. The van der Waals surface area contributed by atoms with Gasteiger partial charge in [-0.15, -0.1) is 0 Å². The minimum Gasteiger partial charge on any atom is -0.493 e. The van der Waals surface area contributed by atoms with Crippen molar-refractivity contribution in [3.05, 3.63) is 65.2 Å². The van der Waals surface area contributed by atoms with Crippen molar-refractivity contribution in [3.63, 3.8) is 0 Å². The van der Waals surface area contributed by atoms with Crippen molar-refractivity contribution in [3.8, 4) is 11.5 Å². The maximum Gasteiger partial charge on any atom is 0.331 e. The Morgan fingerprint density at radius 1 is 0.935 bits per heavy atom. The predicted octanol–water partition coefficient (Wildman–Crippen LogP) is 3.51. The molecule has 0 aliphatic heterocycles. The Balaban J connectivity index is 1.86. The van der Waals surface area contributed by atoms with Gasteiger partial charge in [-0.1, -0.05) is 39.0 Å². The van der Waals surface area contributed by atoms with Gasteiger partial charge >= 0.3 is 5.97 Å². The normalized spacial score (nSPS) is 11.1. The van der Waals surface area contributed by atoms with Crippen LogP contribution in [0.4, 0.5) is 0 Å². The number of amides is 2. The Kier molecular flexibility index (Phi) is 7.96. The number of benzene rings is 2. The Morgan fingerprint density at radius 3 is 2.16 bits per heavy atom. The molecule has 0 fully saturated rings. The zero-order valence-corrected chi connectivity index (χ0v) is 18.4. The maximum atomic E-state index is 12.2. The molecule has 164 valence electrons. The first-order valence-electron chi connectivity index (χ1n) is 9.65. The number of hydrogen-bond donors (Lipinski definition) is 1. The van der Waals surface area contributed by atoms with Crippen molar-refractivity contribution in [1.29, 1.82) is 0 Å². The van der Waals surface area contributed by atoms with Gasteiger partial charge in [-0.05, 0) is 46.9 Å². The SMILES string of the molecule is COc1ccc(/C=C/C(=O)OCC(=O)NC(=O)c2ccc(C(C)(C)C)cc2)cc1OC. The molecule has 0 saturated heterocycles. The standard InChI is InChI=1S/C24H27NO6/c1-24(2,3)18-10-8-17(9-11-18)23(28)25-21(26)15-31-22(27)13-7-16-6-12-19(29-4)20(14-16)30-5/h6-14H,15H2,1-5H3,(H,25,26,28)/b13-7+. The number of hydrogen-bond acceptors (Lipinski definition) is 6. The molecule has 0 aliphatic carbocycles. The maximum absolute atomic E-state index is 12.2. The molecule has 31 heavy (non-hydrogen) atoms. The summed E-state index contributed by atoms with van der Waals surface area (Å²) in [6.45, 7) is 5.64. The molecule has 2 amide bonds. The van der Waals surface area contributed by atoms with Gasteiger partial charge in [-0.25, -0.2) is 4.79 Å². The van der Waals surface area contributed by atoms with Crippen LogP contribution in [0.1, 0.15) is 42.3 Å². The molecule has 0 heterocycles. The molecule has 0 bridgehead atoms. The molecule has 0 aliphatic rings. The third-order valence-corrected chi connectivity index (χ3v) is 4.43. The van der Waals surface area contributed by atoms with Crippen LogP contribution in [0.3, 0.4) is 0 Å². The van der Waals surface area contributed by atoms with Crippen LogP contribution in [0.5, 0.6) is 11.5 Å². The summed E-state index contributed by atoms with van der Waals surface area (Å²) in [5.74, 6) is -0.893. The molecule has 2 rings (SSSR count). The van der Waals surface area contributed by atoms with E-state index in [0.717, 1.165) is 5.56 Å². The summed E-state index contributed by atoms with van der Waals surface area (Å²) in [5.41, 5.74) is 2.07. The second kappa shape index (κ2) is 10.4. The van der Waals surface area contributed by atoms with E-state index >= 15 is 0 Å². The number of carbonyl (C=O) groups excluding carboxylic acids is 3. The van der Waals surface area contributed by atoms with Crippen molar-refractivity contribution >= 4 is 23.9 Å². The summed E-state index contributed by atoms with van der Waals surface area (Å²) in [6.07, 6.45) is 2.70. The third kappa shape index (κ3) is 6.99. The highest BCUT2D eigenvalue weighted by molar-refractivity contribution is 6.05. The summed E-state index contributed by atoms with van der Waals surface area (Å²) in [5, 5.41) is 2.20. The van der Waals surface area contributed by atoms with Crippen LogP contribution in [0, 0.1) is 0 Å². The van der Waals surface area contributed by atoms with E-state index in [-0.39, 0.29) is 5.41 Å². The lowest BCUT2D eigenvalue weighted by Crippen LogP contribution is -2.34. The quantitative estimate of drug-likeness (QED) is 0.539. The van der Waals surface area contributed by atoms with Crippen LogP contribution in [0.2, 0.25) is 0 Å². The van der Waals surface area contributed by atoms with Gasteiger partial charge in [0.1, 0.15) is 0 Å². The van der Waals surface area contributed by atoms with Crippen LogP contribution in [-0.4, -0.2) is 38.6 Å². The van der Waals surface area contributed by atoms with Crippen LogP contribution in [-0.2, 0) is 19.7 Å². The van der Waals surface area contributed by atoms with Gasteiger partial charge in [0.25, 0.3) is 11.8 Å². The highest BCUT2D eigenvalue weighted by Crippen LogP contribution is 2.28. The monoisotopic (exact) mass is 425 g/mol. The second-order valence-corrected chi connectivity index (χ2v) is 7.76. The fourth-order valence-electron chi connectivity index (χ4n) is 2.66. The Hall–Kier alpha value is -3.61. The molecular formula is C24H27NO6. The zero-order valence-electron chi connectivity index (χ0n) is 18.4. The molecule has 0 radical (unpaired) electrons. The summed E-state index contributed by atoms with van der Waals surface area (Å²) in [7, 11) is 3.04. The number of esters is 1. The number of rotatable bonds is 7. The first kappa shape index (κ1) is 23.7. The van der Waals surface area contributed by atoms with E-state index in [4.69, 9.17) is 14.2 Å². The topological polar surface area (TPSA) is 90.9 Å². The predicted molar refractivity (Wildman–Crippen MR) is 117 cm³/mol. The minimum atomic E-state index is -0.716. The fourth-order valence-corrected chi connectivity index (χ4v) is 2.66. The molecule has 7 nitrogen and oxygen atoms in total. The van der Waals surface area contributed by atoms with E-state index in [1.165, 1.54) is 26.4 Å². The van der Waals surface area contributed by atoms with Crippen molar-refractivity contribution in [1.82, 2.24) is 5.32 Å². The lowest BCUT2D eigenvalue weighted by atomic mass is 9.87. The molecule has 0 spiro atoms. The van der Waals surface area contributed by atoms with Crippen LogP contribution in [0.15, 0.2) is 48.5 Å². The second-order valence-electron chi connectivity index (χ2n) is 7.76. The molecule has 2 aromatic rings. The van der Waals surface area contributed by atoms with Crippen LogP contribution < -0.4 is 14.8 Å². The lowest BCUT2D eigenvalue weighted by molar-refractivity contribution is -0.143. The third-order valence-electron chi connectivity index (χ3n) is 4.43. The first-order valence-corrected chi connectivity index (χ1v) is 9.65. The van der Waals surface area contributed by atoms with Crippen molar-refractivity contribution in [2.75, 3.05) is 20.8 Å².